The predicted octanol–water partition coefficient (Wildman–Crippen LogP) is 1.84. The number of nitrogens with one attached hydrogen (secondary N) is 2. The van der Waals surface area contributed by atoms with Crippen molar-refractivity contribution in [1.82, 2.24) is 15.5 Å². The van der Waals surface area contributed by atoms with Gasteiger partial charge in [0.15, 0.2) is 5.96 Å². The Bertz CT molecular complexity index is 349. The van der Waals surface area contributed by atoms with Gasteiger partial charge in [0.2, 0.25) is 5.91 Å². The molecule has 1 aliphatic carbocycles. The Kier molecular flexibility index (Phi) is 13.5. The van der Waals surface area contributed by atoms with Crippen molar-refractivity contribution in [2.45, 2.75) is 39.5 Å². The highest BCUT2D eigenvalue weighted by molar-refractivity contribution is 14.0. The smallest absolute Gasteiger partial charge is 0.221 e. The minimum atomic E-state index is 0. The molecule has 0 aromatic rings. The molecule has 1 fully saturated rings. The van der Waals surface area contributed by atoms with Crippen molar-refractivity contribution in [3.8, 4) is 0 Å². The molecule has 0 bridgehead atoms. The van der Waals surface area contributed by atoms with E-state index in [2.05, 4.69) is 20.5 Å². The highest BCUT2D eigenvalue weighted by Gasteiger charge is 2.21. The Labute approximate surface area is 157 Å². The molecule has 136 valence electrons. The van der Waals surface area contributed by atoms with Gasteiger partial charge < -0.3 is 20.3 Å². The monoisotopic (exact) mass is 440 g/mol. The van der Waals surface area contributed by atoms with Gasteiger partial charge in [0.05, 0.1) is 13.2 Å². The summed E-state index contributed by atoms with van der Waals surface area (Å²) in [6.07, 6.45) is 4.03. The summed E-state index contributed by atoms with van der Waals surface area (Å²) in [5, 5.41) is 6.11. The molecule has 0 aliphatic heterocycles. The molecule has 6 nitrogen and oxygen atoms in total. The third kappa shape index (κ3) is 11.6. The normalized spacial score (nSPS) is 14.1. The van der Waals surface area contributed by atoms with E-state index in [4.69, 9.17) is 4.74 Å². The van der Waals surface area contributed by atoms with Crippen molar-refractivity contribution in [2.24, 2.45) is 10.9 Å². The molecule has 1 aliphatic rings. The molecule has 0 spiro atoms. The van der Waals surface area contributed by atoms with Crippen molar-refractivity contribution in [2.75, 3.05) is 46.4 Å². The van der Waals surface area contributed by atoms with Crippen LogP contribution in [0, 0.1) is 5.92 Å². The molecule has 0 radical (unpaired) electrons. The zero-order chi connectivity index (χ0) is 16.2. The third-order valence-electron chi connectivity index (χ3n) is 3.49. The molecule has 0 saturated heterocycles. The molecular weight excluding hydrogens is 407 g/mol. The number of carbonyl (C=O) groups excluding carboxylic acids is 1. The summed E-state index contributed by atoms with van der Waals surface area (Å²) in [7, 11) is 2.00. The Hall–Kier alpha value is -0.570. The van der Waals surface area contributed by atoms with Gasteiger partial charge in [0.25, 0.3) is 0 Å². The Balaban J connectivity index is 0.00000484. The summed E-state index contributed by atoms with van der Waals surface area (Å²) in [5.41, 5.74) is 0. The Morgan fingerprint density at radius 1 is 1.30 bits per heavy atom. The van der Waals surface area contributed by atoms with E-state index in [9.17, 15) is 4.79 Å². The number of rotatable bonds is 11. The molecule has 1 amide bonds. The molecule has 0 aromatic carbocycles. The van der Waals surface area contributed by atoms with Gasteiger partial charge in [-0.25, -0.2) is 0 Å². The maximum atomic E-state index is 11.6. The summed E-state index contributed by atoms with van der Waals surface area (Å²) in [4.78, 5) is 18.1. The first kappa shape index (κ1) is 22.4. The van der Waals surface area contributed by atoms with Crippen LogP contribution in [0.5, 0.6) is 0 Å². The zero-order valence-electron chi connectivity index (χ0n) is 14.8. The van der Waals surface area contributed by atoms with Gasteiger partial charge in [-0.05, 0) is 32.1 Å². The Morgan fingerprint density at radius 2 is 2.04 bits per heavy atom. The number of hydrogen-bond donors (Lipinski definition) is 2. The number of likely N-dealkylation sites (N-methyl/N-ethyl adjacent to an activating group) is 1. The van der Waals surface area contributed by atoms with E-state index < -0.39 is 0 Å². The summed E-state index contributed by atoms with van der Waals surface area (Å²) >= 11 is 0. The van der Waals surface area contributed by atoms with Crippen molar-refractivity contribution < 1.29 is 9.53 Å². The van der Waals surface area contributed by atoms with Gasteiger partial charge in [0, 0.05) is 39.7 Å². The second-order valence-corrected chi connectivity index (χ2v) is 5.78. The van der Waals surface area contributed by atoms with E-state index in [-0.39, 0.29) is 29.9 Å². The first-order valence-electron chi connectivity index (χ1n) is 8.51. The largest absolute Gasteiger partial charge is 0.379 e. The molecule has 1 rings (SSSR count). The van der Waals surface area contributed by atoms with Crippen molar-refractivity contribution in [3.05, 3.63) is 0 Å². The lowest BCUT2D eigenvalue weighted by atomic mass is 10.4. The molecule has 0 heterocycles. The van der Waals surface area contributed by atoms with Crippen LogP contribution in [0.2, 0.25) is 0 Å². The van der Waals surface area contributed by atoms with Crippen LogP contribution in [0.1, 0.15) is 39.5 Å². The average Bonchev–Trinajstić information content (AvgIpc) is 3.32. The number of guanidine groups is 1. The highest BCUT2D eigenvalue weighted by atomic mass is 127. The van der Waals surface area contributed by atoms with Crippen LogP contribution in [0.4, 0.5) is 0 Å². The lowest BCUT2D eigenvalue weighted by Gasteiger charge is -2.22. The fraction of sp³-hybridized carbons (Fsp3) is 0.875. The van der Waals surface area contributed by atoms with E-state index in [1.807, 2.05) is 20.9 Å². The molecule has 7 heteroatoms. The van der Waals surface area contributed by atoms with Crippen LogP contribution in [-0.4, -0.2) is 63.2 Å². The number of hydrogen-bond acceptors (Lipinski definition) is 3. The summed E-state index contributed by atoms with van der Waals surface area (Å²) in [5.74, 6) is 1.70. The van der Waals surface area contributed by atoms with Crippen LogP contribution in [0.15, 0.2) is 4.99 Å². The lowest BCUT2D eigenvalue weighted by molar-refractivity contribution is -0.120. The van der Waals surface area contributed by atoms with Crippen LogP contribution in [-0.2, 0) is 9.53 Å². The van der Waals surface area contributed by atoms with E-state index in [1.165, 1.54) is 12.8 Å². The number of halogens is 1. The van der Waals surface area contributed by atoms with Crippen molar-refractivity contribution in [3.63, 3.8) is 0 Å². The van der Waals surface area contributed by atoms with E-state index in [1.54, 1.807) is 0 Å². The van der Waals surface area contributed by atoms with E-state index in [0.29, 0.717) is 19.6 Å². The first-order chi connectivity index (χ1) is 10.7. The standard InChI is InChI=1S/C16H32N4O2.HI/c1-4-9-18-15(21)8-10-19-16(17-5-2)20(3)11-12-22-13-14-6-7-14;/h14H,4-13H2,1-3H3,(H,17,19)(H,18,21);1H. The van der Waals surface area contributed by atoms with Gasteiger partial charge in [-0.15, -0.1) is 24.0 Å². The quantitative estimate of drug-likeness (QED) is 0.223. The topological polar surface area (TPSA) is 66.0 Å². The first-order valence-corrected chi connectivity index (χ1v) is 8.51. The summed E-state index contributed by atoms with van der Waals surface area (Å²) in [6, 6.07) is 0. The minimum absolute atomic E-state index is 0. The van der Waals surface area contributed by atoms with Gasteiger partial charge in [-0.1, -0.05) is 6.92 Å². The maximum absolute atomic E-state index is 11.6. The van der Waals surface area contributed by atoms with Gasteiger partial charge in [-0.3, -0.25) is 9.79 Å². The second-order valence-electron chi connectivity index (χ2n) is 5.78. The van der Waals surface area contributed by atoms with Crippen LogP contribution >= 0.6 is 24.0 Å². The molecule has 1 saturated carbocycles. The van der Waals surface area contributed by atoms with Crippen LogP contribution in [0.25, 0.3) is 0 Å². The second kappa shape index (κ2) is 13.8. The highest BCUT2D eigenvalue weighted by Crippen LogP contribution is 2.28. The van der Waals surface area contributed by atoms with Crippen LogP contribution in [0.3, 0.4) is 0 Å². The fourth-order valence-corrected chi connectivity index (χ4v) is 1.93. The Morgan fingerprint density at radius 3 is 2.65 bits per heavy atom. The number of ether oxygens (including phenoxy) is 1. The lowest BCUT2D eigenvalue weighted by Crippen LogP contribution is -2.40. The summed E-state index contributed by atoms with van der Waals surface area (Å²) < 4.78 is 5.65. The molecule has 2 N–H and O–H groups in total. The maximum Gasteiger partial charge on any atom is 0.221 e. The van der Waals surface area contributed by atoms with E-state index in [0.717, 1.165) is 44.5 Å². The zero-order valence-corrected chi connectivity index (χ0v) is 17.1. The molecular formula is C16H33IN4O2. The predicted molar refractivity (Wildman–Crippen MR) is 105 cm³/mol. The van der Waals surface area contributed by atoms with Crippen LogP contribution < -0.4 is 10.6 Å². The van der Waals surface area contributed by atoms with Crippen molar-refractivity contribution >= 4 is 35.8 Å². The van der Waals surface area contributed by atoms with E-state index >= 15 is 0 Å². The molecule has 0 aromatic heterocycles. The molecule has 0 unspecified atom stereocenters. The third-order valence-corrected chi connectivity index (χ3v) is 3.49. The molecule has 0 atom stereocenters. The van der Waals surface area contributed by atoms with Gasteiger partial charge in [-0.2, -0.15) is 0 Å². The average molecular weight is 440 g/mol. The number of carbonyl (C=O) groups is 1. The number of amides is 1. The number of nitrogens with zero attached hydrogens (tertiary/aromatic N) is 2. The van der Waals surface area contributed by atoms with Crippen molar-refractivity contribution in [1.29, 1.82) is 0 Å². The van der Waals surface area contributed by atoms with Gasteiger partial charge >= 0.3 is 0 Å². The minimum Gasteiger partial charge on any atom is -0.379 e. The van der Waals surface area contributed by atoms with Gasteiger partial charge in [0.1, 0.15) is 0 Å². The number of aliphatic imine (C=N–C) groups is 1. The summed E-state index contributed by atoms with van der Waals surface area (Å²) in [6.45, 7) is 8.55. The molecule has 23 heavy (non-hydrogen) atoms. The SMILES string of the molecule is CCCNC(=O)CCN=C(NCC)N(C)CCOCC1CC1.I. The fourth-order valence-electron chi connectivity index (χ4n) is 1.93.